The number of alkyl halides is 2. The molecule has 1 rings (SSSR count). The van der Waals surface area contributed by atoms with E-state index in [1.165, 1.54) is 7.11 Å². The second-order valence-corrected chi connectivity index (χ2v) is 2.34. The Morgan fingerprint density at radius 3 is 2.69 bits per heavy atom. The summed E-state index contributed by atoms with van der Waals surface area (Å²) in [6, 6.07) is 1.00. The number of methoxy groups -OCH3 is 1. The van der Waals surface area contributed by atoms with Crippen LogP contribution in [0.4, 0.5) is 14.5 Å². The van der Waals surface area contributed by atoms with Gasteiger partial charge in [0.05, 0.1) is 12.7 Å². The van der Waals surface area contributed by atoms with Gasteiger partial charge in [-0.2, -0.15) is 0 Å². The topological polar surface area (TPSA) is 68.1 Å². The summed E-state index contributed by atoms with van der Waals surface area (Å²) in [4.78, 5) is 13.1. The molecule has 0 aliphatic heterocycles. The first-order valence-corrected chi connectivity index (χ1v) is 3.41. The SMILES string of the molecule is COc1cc(C(F)F)c(N)c(=O)[nH]1. The van der Waals surface area contributed by atoms with Crippen LogP contribution < -0.4 is 16.0 Å². The third kappa shape index (κ3) is 1.77. The van der Waals surface area contributed by atoms with Crippen LogP contribution in [0.1, 0.15) is 12.0 Å². The average Bonchev–Trinajstić information content (AvgIpc) is 2.09. The van der Waals surface area contributed by atoms with Crippen LogP contribution in [0, 0.1) is 0 Å². The number of hydrogen-bond acceptors (Lipinski definition) is 3. The smallest absolute Gasteiger partial charge is 0.274 e. The summed E-state index contributed by atoms with van der Waals surface area (Å²) in [5.74, 6) is -0.0329. The molecule has 0 unspecified atom stereocenters. The number of H-pyrrole nitrogens is 1. The van der Waals surface area contributed by atoms with E-state index in [1.54, 1.807) is 0 Å². The minimum absolute atomic E-state index is 0.0329. The standard InChI is InChI=1S/C7H8F2N2O2/c1-13-4-2-3(6(8)9)5(10)7(12)11-4/h2,6H,10H2,1H3,(H,11,12). The molecule has 0 aliphatic carbocycles. The molecule has 0 saturated heterocycles. The molecule has 1 aromatic heterocycles. The Morgan fingerprint density at radius 2 is 2.23 bits per heavy atom. The number of anilines is 1. The first-order valence-electron chi connectivity index (χ1n) is 3.41. The van der Waals surface area contributed by atoms with Crippen molar-refractivity contribution < 1.29 is 13.5 Å². The lowest BCUT2D eigenvalue weighted by Crippen LogP contribution is -2.15. The highest BCUT2D eigenvalue weighted by Crippen LogP contribution is 2.24. The van der Waals surface area contributed by atoms with Gasteiger partial charge in [-0.25, -0.2) is 8.78 Å². The summed E-state index contributed by atoms with van der Waals surface area (Å²) in [6.07, 6.45) is -2.78. The number of halogens is 2. The maximum atomic E-state index is 12.2. The fraction of sp³-hybridized carbons (Fsp3) is 0.286. The molecule has 0 aliphatic rings. The van der Waals surface area contributed by atoms with Gasteiger partial charge in [0, 0.05) is 6.07 Å². The molecule has 1 heterocycles. The Hall–Kier alpha value is -1.59. The number of rotatable bonds is 2. The molecule has 0 spiro atoms. The summed E-state index contributed by atoms with van der Waals surface area (Å²) in [7, 11) is 1.26. The van der Waals surface area contributed by atoms with Crippen molar-refractivity contribution in [3.05, 3.63) is 22.0 Å². The fourth-order valence-electron chi connectivity index (χ4n) is 0.856. The van der Waals surface area contributed by atoms with E-state index in [0.717, 1.165) is 6.07 Å². The summed E-state index contributed by atoms with van der Waals surface area (Å²) >= 11 is 0. The van der Waals surface area contributed by atoms with E-state index < -0.39 is 23.2 Å². The van der Waals surface area contributed by atoms with Crippen LogP contribution >= 0.6 is 0 Å². The maximum Gasteiger partial charge on any atom is 0.274 e. The molecule has 4 nitrogen and oxygen atoms in total. The van der Waals surface area contributed by atoms with Gasteiger partial charge in [0.25, 0.3) is 12.0 Å². The quantitative estimate of drug-likeness (QED) is 0.728. The van der Waals surface area contributed by atoms with Crippen LogP contribution in [0.5, 0.6) is 5.88 Å². The van der Waals surface area contributed by atoms with E-state index in [1.807, 2.05) is 0 Å². The molecule has 0 radical (unpaired) electrons. The molecule has 0 amide bonds. The zero-order chi connectivity index (χ0) is 10.0. The predicted octanol–water partition coefficient (Wildman–Crippen LogP) is 0.903. The summed E-state index contributed by atoms with van der Waals surface area (Å²) < 4.78 is 29.1. The van der Waals surface area contributed by atoms with Crippen LogP contribution in [-0.2, 0) is 0 Å². The van der Waals surface area contributed by atoms with Crippen LogP contribution in [0.25, 0.3) is 0 Å². The summed E-state index contributed by atoms with van der Waals surface area (Å²) in [6.45, 7) is 0. The number of aromatic nitrogens is 1. The zero-order valence-electron chi connectivity index (χ0n) is 6.80. The Balaban J connectivity index is 3.33. The largest absolute Gasteiger partial charge is 0.482 e. The molecular formula is C7H8F2N2O2. The number of nitrogens with one attached hydrogen (secondary N) is 1. The highest BCUT2D eigenvalue weighted by atomic mass is 19.3. The number of ether oxygens (including phenoxy) is 1. The molecular weight excluding hydrogens is 182 g/mol. The highest BCUT2D eigenvalue weighted by Gasteiger charge is 2.15. The van der Waals surface area contributed by atoms with Crippen LogP contribution in [0.3, 0.4) is 0 Å². The van der Waals surface area contributed by atoms with Crippen molar-refractivity contribution in [1.29, 1.82) is 0 Å². The molecule has 0 aromatic carbocycles. The Labute approximate surface area is 72.3 Å². The lowest BCUT2D eigenvalue weighted by molar-refractivity contribution is 0.151. The van der Waals surface area contributed by atoms with Gasteiger partial charge in [-0.1, -0.05) is 0 Å². The maximum absolute atomic E-state index is 12.2. The molecule has 1 aromatic rings. The van der Waals surface area contributed by atoms with E-state index in [0.29, 0.717) is 0 Å². The first kappa shape index (κ1) is 9.50. The van der Waals surface area contributed by atoms with Gasteiger partial charge in [0.2, 0.25) is 0 Å². The monoisotopic (exact) mass is 190 g/mol. The van der Waals surface area contributed by atoms with Crippen molar-refractivity contribution in [3.63, 3.8) is 0 Å². The van der Waals surface area contributed by atoms with Gasteiger partial charge in [0.15, 0.2) is 5.88 Å². The van der Waals surface area contributed by atoms with Crippen molar-refractivity contribution in [1.82, 2.24) is 4.98 Å². The van der Waals surface area contributed by atoms with Gasteiger partial charge in [-0.3, -0.25) is 9.78 Å². The molecule has 0 fully saturated rings. The number of pyridine rings is 1. The first-order chi connectivity index (χ1) is 6.06. The normalized spacial score (nSPS) is 10.5. The molecule has 3 N–H and O–H groups in total. The Morgan fingerprint density at radius 1 is 1.62 bits per heavy atom. The van der Waals surface area contributed by atoms with E-state index in [4.69, 9.17) is 5.73 Å². The van der Waals surface area contributed by atoms with Gasteiger partial charge >= 0.3 is 0 Å². The Bertz CT molecular complexity index is 362. The molecule has 0 bridgehead atoms. The van der Waals surface area contributed by atoms with Crippen LogP contribution in [-0.4, -0.2) is 12.1 Å². The van der Waals surface area contributed by atoms with Gasteiger partial charge in [-0.15, -0.1) is 0 Å². The minimum atomic E-state index is -2.78. The van der Waals surface area contributed by atoms with E-state index in [2.05, 4.69) is 9.72 Å². The zero-order valence-corrected chi connectivity index (χ0v) is 6.80. The lowest BCUT2D eigenvalue weighted by atomic mass is 10.2. The molecule has 0 atom stereocenters. The second-order valence-electron chi connectivity index (χ2n) is 2.34. The number of nitrogens with two attached hydrogens (primary N) is 1. The second kappa shape index (κ2) is 3.42. The van der Waals surface area contributed by atoms with Crippen molar-refractivity contribution in [2.24, 2.45) is 0 Å². The fourth-order valence-corrected chi connectivity index (χ4v) is 0.856. The third-order valence-corrected chi connectivity index (χ3v) is 1.53. The van der Waals surface area contributed by atoms with Crippen molar-refractivity contribution in [2.45, 2.75) is 6.43 Å². The van der Waals surface area contributed by atoms with Crippen molar-refractivity contribution in [2.75, 3.05) is 12.8 Å². The van der Waals surface area contributed by atoms with Crippen molar-refractivity contribution >= 4 is 5.69 Å². The van der Waals surface area contributed by atoms with Crippen molar-refractivity contribution in [3.8, 4) is 5.88 Å². The minimum Gasteiger partial charge on any atom is -0.482 e. The van der Waals surface area contributed by atoms with Crippen LogP contribution in [0.15, 0.2) is 10.9 Å². The average molecular weight is 190 g/mol. The number of aromatic amines is 1. The molecule has 0 saturated carbocycles. The summed E-state index contributed by atoms with van der Waals surface area (Å²) in [5, 5.41) is 0. The molecule has 72 valence electrons. The third-order valence-electron chi connectivity index (χ3n) is 1.53. The molecule has 6 heteroatoms. The van der Waals surface area contributed by atoms with Gasteiger partial charge in [-0.05, 0) is 0 Å². The van der Waals surface area contributed by atoms with E-state index in [-0.39, 0.29) is 5.88 Å². The van der Waals surface area contributed by atoms with E-state index in [9.17, 15) is 13.6 Å². The van der Waals surface area contributed by atoms with Gasteiger partial charge in [0.1, 0.15) is 5.69 Å². The Kier molecular flexibility index (Phi) is 2.50. The molecule has 13 heavy (non-hydrogen) atoms. The van der Waals surface area contributed by atoms with Crippen LogP contribution in [0.2, 0.25) is 0 Å². The van der Waals surface area contributed by atoms with E-state index >= 15 is 0 Å². The number of hydrogen-bond donors (Lipinski definition) is 2. The summed E-state index contributed by atoms with van der Waals surface area (Å²) in [5.41, 5.74) is 3.37. The predicted molar refractivity (Wildman–Crippen MR) is 43.0 cm³/mol. The highest BCUT2D eigenvalue weighted by molar-refractivity contribution is 5.47. The number of nitrogen functional groups attached to an aromatic ring is 1. The van der Waals surface area contributed by atoms with Gasteiger partial charge < -0.3 is 10.5 Å². The lowest BCUT2D eigenvalue weighted by Gasteiger charge is -2.05.